The molecule has 2 rings (SSSR count). The van der Waals surface area contributed by atoms with Gasteiger partial charge in [-0.3, -0.25) is 9.48 Å². The van der Waals surface area contributed by atoms with Crippen molar-refractivity contribution in [2.45, 2.75) is 71.4 Å². The van der Waals surface area contributed by atoms with Crippen LogP contribution in [0.15, 0.2) is 6.07 Å². The van der Waals surface area contributed by atoms with Gasteiger partial charge < -0.3 is 10.4 Å². The quantitative estimate of drug-likeness (QED) is 0.849. The first kappa shape index (κ1) is 17.0. The molecule has 1 unspecified atom stereocenters. The predicted molar refractivity (Wildman–Crippen MR) is 87.0 cm³/mol. The second-order valence-corrected chi connectivity index (χ2v) is 7.80. The fraction of sp³-hybridized carbons (Fsp3) is 0.765. The second kappa shape index (κ2) is 6.41. The van der Waals surface area contributed by atoms with E-state index in [4.69, 9.17) is 0 Å². The number of nitrogens with one attached hydrogen (secondary N) is 1. The standard InChI is InChI=1S/C17H29N3O2/c1-11(2)8-13(21)10-18-16(22)14-9-15(12-6-7-12)20(19-14)17(3,4)5/h9,11-13,21H,6-8,10H2,1-5H3,(H,18,22). The number of hydrogen-bond donors (Lipinski definition) is 2. The van der Waals surface area contributed by atoms with Crippen molar-refractivity contribution in [1.82, 2.24) is 15.1 Å². The number of carbonyl (C=O) groups excluding carboxylic acids is 1. The summed E-state index contributed by atoms with van der Waals surface area (Å²) in [6.07, 6.45) is 2.53. The van der Waals surface area contributed by atoms with Crippen LogP contribution in [0.1, 0.15) is 76.0 Å². The zero-order valence-electron chi connectivity index (χ0n) is 14.4. The van der Waals surface area contributed by atoms with Gasteiger partial charge in [-0.05, 0) is 52.0 Å². The molecule has 0 aliphatic heterocycles. The van der Waals surface area contributed by atoms with Crippen molar-refractivity contribution in [3.8, 4) is 0 Å². The van der Waals surface area contributed by atoms with Crippen LogP contribution in [0.25, 0.3) is 0 Å². The summed E-state index contributed by atoms with van der Waals surface area (Å²) in [7, 11) is 0. The molecule has 1 amide bonds. The van der Waals surface area contributed by atoms with Gasteiger partial charge in [0.25, 0.3) is 5.91 Å². The van der Waals surface area contributed by atoms with Gasteiger partial charge in [0.15, 0.2) is 0 Å². The molecule has 1 aromatic rings. The van der Waals surface area contributed by atoms with Gasteiger partial charge in [-0.25, -0.2) is 0 Å². The van der Waals surface area contributed by atoms with Gasteiger partial charge in [0.05, 0.1) is 11.6 Å². The Hall–Kier alpha value is -1.36. The number of aliphatic hydroxyl groups is 1. The lowest BCUT2D eigenvalue weighted by atomic mass is 10.1. The molecule has 1 aliphatic rings. The van der Waals surface area contributed by atoms with E-state index in [2.05, 4.69) is 45.0 Å². The van der Waals surface area contributed by atoms with Gasteiger partial charge in [-0.15, -0.1) is 0 Å². The van der Waals surface area contributed by atoms with Crippen LogP contribution >= 0.6 is 0 Å². The number of aliphatic hydroxyl groups excluding tert-OH is 1. The van der Waals surface area contributed by atoms with E-state index in [-0.39, 0.29) is 18.0 Å². The largest absolute Gasteiger partial charge is 0.391 e. The highest BCUT2D eigenvalue weighted by molar-refractivity contribution is 5.92. The van der Waals surface area contributed by atoms with E-state index in [1.165, 1.54) is 12.8 Å². The van der Waals surface area contributed by atoms with Crippen LogP contribution in [-0.4, -0.2) is 33.4 Å². The van der Waals surface area contributed by atoms with Crippen LogP contribution in [0.5, 0.6) is 0 Å². The summed E-state index contributed by atoms with van der Waals surface area (Å²) in [4.78, 5) is 12.3. The maximum Gasteiger partial charge on any atom is 0.271 e. The highest BCUT2D eigenvalue weighted by Gasteiger charge is 2.32. The zero-order valence-corrected chi connectivity index (χ0v) is 14.4. The minimum absolute atomic E-state index is 0.131. The molecule has 1 saturated carbocycles. The van der Waals surface area contributed by atoms with E-state index in [0.717, 1.165) is 5.69 Å². The smallest absolute Gasteiger partial charge is 0.271 e. The molecule has 1 aliphatic carbocycles. The third-order valence-electron chi connectivity index (χ3n) is 3.84. The molecule has 0 spiro atoms. The van der Waals surface area contributed by atoms with Gasteiger partial charge in [0.1, 0.15) is 5.69 Å². The molecule has 124 valence electrons. The Labute approximate surface area is 133 Å². The van der Waals surface area contributed by atoms with Crippen molar-refractivity contribution in [2.75, 3.05) is 6.54 Å². The third-order valence-corrected chi connectivity index (χ3v) is 3.84. The number of hydrogen-bond acceptors (Lipinski definition) is 3. The van der Waals surface area contributed by atoms with Crippen LogP contribution < -0.4 is 5.32 Å². The molecule has 1 heterocycles. The summed E-state index contributed by atoms with van der Waals surface area (Å²) in [5.74, 6) is 0.751. The Morgan fingerprint density at radius 1 is 1.45 bits per heavy atom. The molecule has 0 bridgehead atoms. The normalized spacial score (nSPS) is 16.9. The summed E-state index contributed by atoms with van der Waals surface area (Å²) in [5, 5.41) is 17.2. The third kappa shape index (κ3) is 4.32. The van der Waals surface area contributed by atoms with E-state index in [1.54, 1.807) is 0 Å². The molecular weight excluding hydrogens is 278 g/mol. The van der Waals surface area contributed by atoms with Crippen molar-refractivity contribution < 1.29 is 9.90 Å². The summed E-state index contributed by atoms with van der Waals surface area (Å²) < 4.78 is 1.98. The Balaban J connectivity index is 2.04. The topological polar surface area (TPSA) is 67.2 Å². The summed E-state index contributed by atoms with van der Waals surface area (Å²) in [6.45, 7) is 10.7. The lowest BCUT2D eigenvalue weighted by Crippen LogP contribution is -2.33. The highest BCUT2D eigenvalue weighted by atomic mass is 16.3. The van der Waals surface area contributed by atoms with Gasteiger partial charge in [-0.1, -0.05) is 13.8 Å². The molecule has 22 heavy (non-hydrogen) atoms. The first-order valence-electron chi connectivity index (χ1n) is 8.25. The molecule has 1 aromatic heterocycles. The lowest BCUT2D eigenvalue weighted by Gasteiger charge is -2.22. The molecule has 0 radical (unpaired) electrons. The molecule has 1 atom stereocenters. The van der Waals surface area contributed by atoms with Gasteiger partial charge in [0, 0.05) is 18.2 Å². The zero-order chi connectivity index (χ0) is 16.5. The molecule has 0 aromatic carbocycles. The van der Waals surface area contributed by atoms with E-state index >= 15 is 0 Å². The molecule has 2 N–H and O–H groups in total. The second-order valence-electron chi connectivity index (χ2n) is 7.80. The van der Waals surface area contributed by atoms with E-state index in [9.17, 15) is 9.90 Å². The lowest BCUT2D eigenvalue weighted by molar-refractivity contribution is 0.0894. The van der Waals surface area contributed by atoms with Crippen molar-refractivity contribution >= 4 is 5.91 Å². The predicted octanol–water partition coefficient (Wildman–Crippen LogP) is 2.65. The maximum absolute atomic E-state index is 12.3. The monoisotopic (exact) mass is 307 g/mol. The van der Waals surface area contributed by atoms with Gasteiger partial charge in [-0.2, -0.15) is 5.10 Å². The van der Waals surface area contributed by atoms with Crippen LogP contribution in [0.2, 0.25) is 0 Å². The average Bonchev–Trinajstić information content (AvgIpc) is 3.12. The Morgan fingerprint density at radius 2 is 2.09 bits per heavy atom. The van der Waals surface area contributed by atoms with Crippen LogP contribution in [-0.2, 0) is 5.54 Å². The van der Waals surface area contributed by atoms with Crippen LogP contribution in [0.3, 0.4) is 0 Å². The molecular formula is C17H29N3O2. The van der Waals surface area contributed by atoms with E-state index < -0.39 is 6.10 Å². The van der Waals surface area contributed by atoms with E-state index in [0.29, 0.717) is 24.0 Å². The van der Waals surface area contributed by atoms with Crippen molar-refractivity contribution in [2.24, 2.45) is 5.92 Å². The van der Waals surface area contributed by atoms with Gasteiger partial charge in [0.2, 0.25) is 0 Å². The minimum Gasteiger partial charge on any atom is -0.391 e. The molecule has 1 fully saturated rings. The van der Waals surface area contributed by atoms with Crippen molar-refractivity contribution in [3.05, 3.63) is 17.5 Å². The Kier molecular flexibility index (Phi) is 4.95. The summed E-state index contributed by atoms with van der Waals surface area (Å²) in [5.41, 5.74) is 1.47. The SMILES string of the molecule is CC(C)CC(O)CNC(=O)c1cc(C2CC2)n(C(C)(C)C)n1. The number of amides is 1. The first-order valence-corrected chi connectivity index (χ1v) is 8.25. The average molecular weight is 307 g/mol. The fourth-order valence-electron chi connectivity index (χ4n) is 2.64. The van der Waals surface area contributed by atoms with Crippen molar-refractivity contribution in [1.29, 1.82) is 0 Å². The molecule has 0 saturated heterocycles. The summed E-state index contributed by atoms with van der Waals surface area (Å²) in [6, 6.07) is 1.91. The molecule has 5 nitrogen and oxygen atoms in total. The number of rotatable bonds is 6. The van der Waals surface area contributed by atoms with E-state index in [1.807, 2.05) is 10.7 Å². The Morgan fingerprint density at radius 3 is 2.59 bits per heavy atom. The van der Waals surface area contributed by atoms with Gasteiger partial charge >= 0.3 is 0 Å². The number of nitrogens with zero attached hydrogens (tertiary/aromatic N) is 2. The highest BCUT2D eigenvalue weighted by Crippen LogP contribution is 2.41. The number of carbonyl (C=O) groups is 1. The first-order chi connectivity index (χ1) is 10.2. The molecule has 5 heteroatoms. The maximum atomic E-state index is 12.3. The van der Waals surface area contributed by atoms with Crippen LogP contribution in [0, 0.1) is 5.92 Å². The van der Waals surface area contributed by atoms with Crippen molar-refractivity contribution in [3.63, 3.8) is 0 Å². The fourth-order valence-corrected chi connectivity index (χ4v) is 2.64. The Bertz CT molecular complexity index is 524. The minimum atomic E-state index is -0.503. The number of aromatic nitrogens is 2. The van der Waals surface area contributed by atoms with Crippen LogP contribution in [0.4, 0.5) is 0 Å². The summed E-state index contributed by atoms with van der Waals surface area (Å²) >= 11 is 0.